The predicted molar refractivity (Wildman–Crippen MR) is 71.3 cm³/mol. The summed E-state index contributed by atoms with van der Waals surface area (Å²) in [6.45, 7) is 5.29. The molecule has 20 heavy (non-hydrogen) atoms. The summed E-state index contributed by atoms with van der Waals surface area (Å²) in [5.74, 6) is -2.48. The fourth-order valence-corrected chi connectivity index (χ4v) is 2.00. The van der Waals surface area contributed by atoms with Gasteiger partial charge in [-0.25, -0.2) is 9.18 Å². The van der Waals surface area contributed by atoms with E-state index in [4.69, 9.17) is 5.11 Å². The number of hydrogen-bond acceptors (Lipinski definition) is 3. The molecule has 1 unspecified atom stereocenters. The van der Waals surface area contributed by atoms with Crippen LogP contribution in [-0.4, -0.2) is 28.4 Å². The summed E-state index contributed by atoms with van der Waals surface area (Å²) in [6.07, 6.45) is 0. The SMILES string of the molecule is CC(C)C1(C)N=C(c2c(F)cccc2C(=O)O)NC1=O. The Morgan fingerprint density at radius 3 is 2.60 bits per heavy atom. The number of nitrogens with zero attached hydrogens (tertiary/aromatic N) is 1. The van der Waals surface area contributed by atoms with E-state index >= 15 is 0 Å². The summed E-state index contributed by atoms with van der Waals surface area (Å²) < 4.78 is 13.9. The average molecular weight is 278 g/mol. The van der Waals surface area contributed by atoms with Crippen LogP contribution in [0.15, 0.2) is 23.2 Å². The summed E-state index contributed by atoms with van der Waals surface area (Å²) >= 11 is 0. The molecule has 0 saturated carbocycles. The molecule has 1 amide bonds. The maximum absolute atomic E-state index is 13.9. The van der Waals surface area contributed by atoms with Crippen molar-refractivity contribution in [3.8, 4) is 0 Å². The molecule has 1 aromatic rings. The summed E-state index contributed by atoms with van der Waals surface area (Å²) in [4.78, 5) is 27.4. The van der Waals surface area contributed by atoms with Gasteiger partial charge in [0, 0.05) is 0 Å². The Labute approximate surface area is 115 Å². The minimum absolute atomic E-state index is 0.0262. The first-order valence-electron chi connectivity index (χ1n) is 6.21. The van der Waals surface area contributed by atoms with E-state index in [1.54, 1.807) is 6.92 Å². The highest BCUT2D eigenvalue weighted by molar-refractivity contribution is 6.18. The van der Waals surface area contributed by atoms with Crippen LogP contribution in [0.2, 0.25) is 0 Å². The molecule has 1 atom stereocenters. The van der Waals surface area contributed by atoms with Crippen molar-refractivity contribution in [3.63, 3.8) is 0 Å². The standard InChI is InChI=1S/C14H15FN2O3/c1-7(2)14(3)13(20)16-11(17-14)10-8(12(18)19)5-4-6-9(10)15/h4-7H,1-3H3,(H,18,19)(H,16,17,20). The van der Waals surface area contributed by atoms with Gasteiger partial charge in [0.2, 0.25) is 0 Å². The Morgan fingerprint density at radius 1 is 1.45 bits per heavy atom. The van der Waals surface area contributed by atoms with Gasteiger partial charge in [0.1, 0.15) is 17.2 Å². The van der Waals surface area contributed by atoms with Crippen LogP contribution >= 0.6 is 0 Å². The number of amides is 1. The predicted octanol–water partition coefficient (Wildman–Crippen LogP) is 1.81. The summed E-state index contributed by atoms with van der Waals surface area (Å²) in [6, 6.07) is 3.73. The molecular formula is C14H15FN2O3. The lowest BCUT2D eigenvalue weighted by atomic mass is 9.89. The maximum atomic E-state index is 13.9. The van der Waals surface area contributed by atoms with Crippen molar-refractivity contribution in [3.05, 3.63) is 35.1 Å². The van der Waals surface area contributed by atoms with Gasteiger partial charge in [-0.15, -0.1) is 0 Å². The van der Waals surface area contributed by atoms with E-state index in [-0.39, 0.29) is 28.8 Å². The van der Waals surface area contributed by atoms with Crippen molar-refractivity contribution in [1.29, 1.82) is 0 Å². The molecule has 0 aromatic heterocycles. The van der Waals surface area contributed by atoms with Crippen molar-refractivity contribution >= 4 is 17.7 Å². The Bertz CT molecular complexity index is 625. The number of rotatable bonds is 3. The third-order valence-corrected chi connectivity index (χ3v) is 3.64. The summed E-state index contributed by atoms with van der Waals surface area (Å²) in [5, 5.41) is 11.6. The van der Waals surface area contributed by atoms with Crippen LogP contribution in [0.5, 0.6) is 0 Å². The quantitative estimate of drug-likeness (QED) is 0.885. The highest BCUT2D eigenvalue weighted by Crippen LogP contribution is 2.28. The Kier molecular flexibility index (Phi) is 3.33. The second kappa shape index (κ2) is 4.70. The number of halogens is 1. The van der Waals surface area contributed by atoms with Crippen molar-refractivity contribution in [2.75, 3.05) is 0 Å². The number of benzene rings is 1. The van der Waals surface area contributed by atoms with Gasteiger partial charge in [-0.05, 0) is 25.0 Å². The van der Waals surface area contributed by atoms with E-state index in [1.165, 1.54) is 12.1 Å². The van der Waals surface area contributed by atoms with Crippen molar-refractivity contribution < 1.29 is 19.1 Å². The molecule has 1 aliphatic heterocycles. The van der Waals surface area contributed by atoms with Crippen LogP contribution < -0.4 is 5.32 Å². The number of hydrogen-bond donors (Lipinski definition) is 2. The average Bonchev–Trinajstić information content (AvgIpc) is 2.66. The second-order valence-corrected chi connectivity index (χ2v) is 5.18. The van der Waals surface area contributed by atoms with Gasteiger partial charge < -0.3 is 10.4 Å². The second-order valence-electron chi connectivity index (χ2n) is 5.18. The van der Waals surface area contributed by atoms with E-state index in [2.05, 4.69) is 10.3 Å². The normalized spacial score (nSPS) is 21.9. The van der Waals surface area contributed by atoms with Gasteiger partial charge in [-0.3, -0.25) is 9.79 Å². The lowest BCUT2D eigenvalue weighted by Crippen LogP contribution is -2.41. The highest BCUT2D eigenvalue weighted by atomic mass is 19.1. The number of nitrogens with one attached hydrogen (secondary N) is 1. The van der Waals surface area contributed by atoms with Crippen molar-refractivity contribution in [1.82, 2.24) is 5.32 Å². The lowest BCUT2D eigenvalue weighted by molar-refractivity contribution is -0.124. The van der Waals surface area contributed by atoms with Crippen LogP contribution in [0, 0.1) is 11.7 Å². The highest BCUT2D eigenvalue weighted by Gasteiger charge is 2.43. The lowest BCUT2D eigenvalue weighted by Gasteiger charge is -2.21. The minimum Gasteiger partial charge on any atom is -0.478 e. The van der Waals surface area contributed by atoms with Crippen molar-refractivity contribution in [2.24, 2.45) is 10.9 Å². The molecule has 0 fully saturated rings. The number of aromatic carboxylic acids is 1. The van der Waals surface area contributed by atoms with Gasteiger partial charge in [-0.2, -0.15) is 0 Å². The number of carbonyl (C=O) groups is 2. The minimum atomic E-state index is -1.27. The number of carboxylic acid groups (broad SMARTS) is 1. The first-order chi connectivity index (χ1) is 9.27. The number of aliphatic imine (C=N–C) groups is 1. The molecule has 0 radical (unpaired) electrons. The zero-order valence-electron chi connectivity index (χ0n) is 11.4. The van der Waals surface area contributed by atoms with Crippen molar-refractivity contribution in [2.45, 2.75) is 26.3 Å². The molecule has 0 bridgehead atoms. The van der Waals surface area contributed by atoms with Gasteiger partial charge in [-0.1, -0.05) is 19.9 Å². The zero-order valence-corrected chi connectivity index (χ0v) is 11.4. The third-order valence-electron chi connectivity index (χ3n) is 3.64. The van der Waals surface area contributed by atoms with E-state index in [1.807, 2.05) is 13.8 Å². The molecule has 0 aliphatic carbocycles. The van der Waals surface area contributed by atoms with Crippen LogP contribution in [0.3, 0.4) is 0 Å². The Balaban J connectivity index is 2.60. The van der Waals surface area contributed by atoms with Crippen LogP contribution in [0.4, 0.5) is 4.39 Å². The fourth-order valence-electron chi connectivity index (χ4n) is 2.00. The molecule has 6 heteroatoms. The molecule has 2 N–H and O–H groups in total. The fraction of sp³-hybridized carbons (Fsp3) is 0.357. The molecule has 0 spiro atoms. The molecule has 1 heterocycles. The van der Waals surface area contributed by atoms with Crippen LogP contribution in [0.25, 0.3) is 0 Å². The molecule has 5 nitrogen and oxygen atoms in total. The molecule has 2 rings (SSSR count). The third kappa shape index (κ3) is 2.07. The van der Waals surface area contributed by atoms with Crippen LogP contribution in [0.1, 0.15) is 36.7 Å². The first kappa shape index (κ1) is 14.2. The van der Waals surface area contributed by atoms with E-state index in [0.29, 0.717) is 0 Å². The Morgan fingerprint density at radius 2 is 2.10 bits per heavy atom. The Hall–Kier alpha value is -2.24. The van der Waals surface area contributed by atoms with Gasteiger partial charge in [0.05, 0.1) is 11.1 Å². The molecule has 1 aromatic carbocycles. The number of amidine groups is 1. The van der Waals surface area contributed by atoms with E-state index in [9.17, 15) is 14.0 Å². The summed E-state index contributed by atoms with van der Waals surface area (Å²) in [5.41, 5.74) is -1.43. The maximum Gasteiger partial charge on any atom is 0.336 e. The monoisotopic (exact) mass is 278 g/mol. The summed E-state index contributed by atoms with van der Waals surface area (Å²) in [7, 11) is 0. The van der Waals surface area contributed by atoms with Gasteiger partial charge in [0.25, 0.3) is 5.91 Å². The van der Waals surface area contributed by atoms with Crippen LogP contribution in [-0.2, 0) is 4.79 Å². The van der Waals surface area contributed by atoms with E-state index in [0.717, 1.165) is 6.07 Å². The number of carboxylic acids is 1. The first-order valence-corrected chi connectivity index (χ1v) is 6.21. The molecular weight excluding hydrogens is 263 g/mol. The largest absolute Gasteiger partial charge is 0.478 e. The van der Waals surface area contributed by atoms with Gasteiger partial charge >= 0.3 is 5.97 Å². The molecule has 106 valence electrons. The molecule has 1 aliphatic rings. The van der Waals surface area contributed by atoms with E-state index < -0.39 is 17.3 Å². The smallest absolute Gasteiger partial charge is 0.336 e. The zero-order chi connectivity index (χ0) is 15.1. The molecule has 0 saturated heterocycles. The topological polar surface area (TPSA) is 78.8 Å². The number of carbonyl (C=O) groups excluding carboxylic acids is 1. The van der Waals surface area contributed by atoms with Gasteiger partial charge in [0.15, 0.2) is 0 Å².